The molecule has 9 heteroatoms. The molecule has 1 amide bonds. The number of methoxy groups -OCH3 is 1. The van der Waals surface area contributed by atoms with Crippen LogP contribution in [0.15, 0.2) is 43.1 Å². The Morgan fingerprint density at radius 3 is 2.92 bits per heavy atom. The molecular weight excluding hydrogens is 358 g/mol. The molecule has 0 saturated heterocycles. The molecule has 0 spiro atoms. The third kappa shape index (κ3) is 3.60. The maximum absolute atomic E-state index is 12.7. The van der Waals surface area contributed by atoms with Gasteiger partial charge in [0.2, 0.25) is 0 Å². The summed E-state index contributed by atoms with van der Waals surface area (Å²) in [5.74, 6) is 0.857. The standard InChI is InChI=1S/C17H16ClN5O3/c1-3-26-15-12(18)7-11(8-14(15)25-2)17(24)22-13-5-4-6-20-16(13)23-10-19-9-21-23/h4-10H,3H2,1-2H3,(H,22,24). The highest BCUT2D eigenvalue weighted by Crippen LogP contribution is 2.36. The second kappa shape index (κ2) is 7.83. The van der Waals surface area contributed by atoms with Gasteiger partial charge in [-0.25, -0.2) is 14.6 Å². The van der Waals surface area contributed by atoms with Gasteiger partial charge in [-0.1, -0.05) is 11.6 Å². The lowest BCUT2D eigenvalue weighted by molar-refractivity contribution is 0.102. The normalized spacial score (nSPS) is 10.4. The molecule has 134 valence electrons. The van der Waals surface area contributed by atoms with E-state index in [1.54, 1.807) is 24.4 Å². The fourth-order valence-corrected chi connectivity index (χ4v) is 2.59. The number of rotatable bonds is 6. The van der Waals surface area contributed by atoms with Gasteiger partial charge in [-0.15, -0.1) is 0 Å². The van der Waals surface area contributed by atoms with E-state index in [1.165, 1.54) is 30.5 Å². The van der Waals surface area contributed by atoms with Gasteiger partial charge in [0.1, 0.15) is 12.7 Å². The third-order valence-corrected chi connectivity index (χ3v) is 3.73. The third-order valence-electron chi connectivity index (χ3n) is 3.45. The van der Waals surface area contributed by atoms with E-state index in [4.69, 9.17) is 21.1 Å². The average Bonchev–Trinajstić information content (AvgIpc) is 3.18. The SMILES string of the molecule is CCOc1c(Cl)cc(C(=O)Nc2cccnc2-n2cncn2)cc1OC. The van der Waals surface area contributed by atoms with Gasteiger partial charge in [0.15, 0.2) is 17.3 Å². The number of nitrogens with zero attached hydrogens (tertiary/aromatic N) is 4. The summed E-state index contributed by atoms with van der Waals surface area (Å²) in [6, 6.07) is 6.52. The Kier molecular flexibility index (Phi) is 5.33. The van der Waals surface area contributed by atoms with Crippen molar-refractivity contribution in [2.75, 3.05) is 19.0 Å². The van der Waals surface area contributed by atoms with Gasteiger partial charge in [0.05, 0.1) is 24.4 Å². The Hall–Kier alpha value is -3.13. The van der Waals surface area contributed by atoms with Gasteiger partial charge in [-0.3, -0.25) is 4.79 Å². The molecule has 2 aromatic heterocycles. The van der Waals surface area contributed by atoms with Crippen LogP contribution in [0.3, 0.4) is 0 Å². The van der Waals surface area contributed by atoms with Crippen molar-refractivity contribution in [1.82, 2.24) is 19.7 Å². The van der Waals surface area contributed by atoms with Crippen LogP contribution in [0.4, 0.5) is 5.69 Å². The van der Waals surface area contributed by atoms with Crippen molar-refractivity contribution in [1.29, 1.82) is 0 Å². The van der Waals surface area contributed by atoms with E-state index in [0.29, 0.717) is 40.2 Å². The molecule has 0 aliphatic carbocycles. The topological polar surface area (TPSA) is 91.2 Å². The van der Waals surface area contributed by atoms with E-state index >= 15 is 0 Å². The monoisotopic (exact) mass is 373 g/mol. The Bertz CT molecular complexity index is 915. The molecule has 26 heavy (non-hydrogen) atoms. The number of hydrogen-bond acceptors (Lipinski definition) is 6. The summed E-state index contributed by atoms with van der Waals surface area (Å²) < 4.78 is 12.2. The second-order valence-corrected chi connectivity index (χ2v) is 5.50. The summed E-state index contributed by atoms with van der Waals surface area (Å²) in [4.78, 5) is 20.8. The number of nitrogens with one attached hydrogen (secondary N) is 1. The highest BCUT2D eigenvalue weighted by atomic mass is 35.5. The van der Waals surface area contributed by atoms with Crippen molar-refractivity contribution in [2.45, 2.75) is 6.92 Å². The zero-order valence-corrected chi connectivity index (χ0v) is 14.9. The van der Waals surface area contributed by atoms with Gasteiger partial charge in [0.25, 0.3) is 5.91 Å². The maximum atomic E-state index is 12.7. The fraction of sp³-hybridized carbons (Fsp3) is 0.176. The second-order valence-electron chi connectivity index (χ2n) is 5.09. The van der Waals surface area contributed by atoms with Crippen molar-refractivity contribution >= 4 is 23.2 Å². The molecule has 1 N–H and O–H groups in total. The Balaban J connectivity index is 1.91. The van der Waals surface area contributed by atoms with Crippen LogP contribution in [0.25, 0.3) is 5.82 Å². The number of halogens is 1. The predicted octanol–water partition coefficient (Wildman–Crippen LogP) is 2.98. The van der Waals surface area contributed by atoms with Crippen LogP contribution in [-0.2, 0) is 0 Å². The first-order chi connectivity index (χ1) is 12.6. The van der Waals surface area contributed by atoms with E-state index in [-0.39, 0.29) is 5.91 Å². The molecule has 8 nitrogen and oxygen atoms in total. The molecule has 0 radical (unpaired) electrons. The lowest BCUT2D eigenvalue weighted by Crippen LogP contribution is -2.15. The summed E-state index contributed by atoms with van der Waals surface area (Å²) in [6.45, 7) is 2.27. The van der Waals surface area contributed by atoms with Gasteiger partial charge < -0.3 is 14.8 Å². The van der Waals surface area contributed by atoms with Crippen LogP contribution in [0.1, 0.15) is 17.3 Å². The van der Waals surface area contributed by atoms with E-state index in [9.17, 15) is 4.79 Å². The summed E-state index contributed by atoms with van der Waals surface area (Å²) in [5.41, 5.74) is 0.802. The van der Waals surface area contributed by atoms with E-state index in [0.717, 1.165) is 0 Å². The first-order valence-corrected chi connectivity index (χ1v) is 8.13. The first-order valence-electron chi connectivity index (χ1n) is 7.75. The number of aromatic nitrogens is 4. The Morgan fingerprint density at radius 2 is 2.23 bits per heavy atom. The molecule has 0 aliphatic rings. The number of anilines is 1. The highest BCUT2D eigenvalue weighted by Gasteiger charge is 2.17. The average molecular weight is 374 g/mol. The lowest BCUT2D eigenvalue weighted by atomic mass is 10.1. The zero-order valence-electron chi connectivity index (χ0n) is 14.1. The first kappa shape index (κ1) is 17.7. The molecule has 0 unspecified atom stereocenters. The molecular formula is C17H16ClN5O3. The van der Waals surface area contributed by atoms with Crippen molar-refractivity contribution in [3.05, 3.63) is 53.7 Å². The van der Waals surface area contributed by atoms with Gasteiger partial charge in [-0.05, 0) is 31.2 Å². The summed E-state index contributed by atoms with van der Waals surface area (Å²) in [5, 5.41) is 7.13. The van der Waals surface area contributed by atoms with Crippen LogP contribution in [0, 0.1) is 0 Å². The van der Waals surface area contributed by atoms with Crippen LogP contribution < -0.4 is 14.8 Å². The van der Waals surface area contributed by atoms with E-state index in [1.807, 2.05) is 6.92 Å². The molecule has 0 fully saturated rings. The van der Waals surface area contributed by atoms with Gasteiger partial charge in [-0.2, -0.15) is 5.10 Å². The fourth-order valence-electron chi connectivity index (χ4n) is 2.32. The van der Waals surface area contributed by atoms with Crippen molar-refractivity contribution in [2.24, 2.45) is 0 Å². The summed E-state index contributed by atoms with van der Waals surface area (Å²) in [6.07, 6.45) is 4.48. The van der Waals surface area contributed by atoms with E-state index < -0.39 is 0 Å². The van der Waals surface area contributed by atoms with E-state index in [2.05, 4.69) is 20.4 Å². The quantitative estimate of drug-likeness (QED) is 0.714. The van der Waals surface area contributed by atoms with Crippen molar-refractivity contribution < 1.29 is 14.3 Å². The number of amides is 1. The zero-order chi connectivity index (χ0) is 18.5. The number of benzene rings is 1. The summed E-state index contributed by atoms with van der Waals surface area (Å²) in [7, 11) is 1.49. The van der Waals surface area contributed by atoms with Crippen molar-refractivity contribution in [3.8, 4) is 17.3 Å². The van der Waals surface area contributed by atoms with Gasteiger partial charge in [0, 0.05) is 11.8 Å². The Morgan fingerprint density at radius 1 is 1.38 bits per heavy atom. The summed E-state index contributed by atoms with van der Waals surface area (Å²) >= 11 is 6.23. The molecule has 2 heterocycles. The minimum atomic E-state index is -0.373. The van der Waals surface area contributed by atoms with Crippen LogP contribution in [0.5, 0.6) is 11.5 Å². The molecule has 0 atom stereocenters. The molecule has 0 saturated carbocycles. The minimum Gasteiger partial charge on any atom is -0.493 e. The van der Waals surface area contributed by atoms with Crippen LogP contribution in [0.2, 0.25) is 5.02 Å². The van der Waals surface area contributed by atoms with Crippen LogP contribution >= 0.6 is 11.6 Å². The van der Waals surface area contributed by atoms with Crippen LogP contribution in [-0.4, -0.2) is 39.4 Å². The van der Waals surface area contributed by atoms with Gasteiger partial charge >= 0.3 is 0 Å². The highest BCUT2D eigenvalue weighted by molar-refractivity contribution is 6.32. The number of carbonyl (C=O) groups excluding carboxylic acids is 1. The lowest BCUT2D eigenvalue weighted by Gasteiger charge is -2.14. The number of hydrogen-bond donors (Lipinski definition) is 1. The largest absolute Gasteiger partial charge is 0.493 e. The number of pyridine rings is 1. The molecule has 3 aromatic rings. The maximum Gasteiger partial charge on any atom is 0.255 e. The predicted molar refractivity (Wildman–Crippen MR) is 96.3 cm³/mol. The Labute approximate surface area is 154 Å². The number of ether oxygens (including phenoxy) is 2. The molecule has 0 aliphatic heterocycles. The minimum absolute atomic E-state index is 0.291. The molecule has 1 aromatic carbocycles. The molecule has 3 rings (SSSR count). The number of carbonyl (C=O) groups is 1. The molecule has 0 bridgehead atoms. The smallest absolute Gasteiger partial charge is 0.255 e. The van der Waals surface area contributed by atoms with Crippen molar-refractivity contribution in [3.63, 3.8) is 0 Å².